The molecule has 2 unspecified atom stereocenters. The Morgan fingerprint density at radius 1 is 1.36 bits per heavy atom. The Hall–Kier alpha value is -1.47. The summed E-state index contributed by atoms with van der Waals surface area (Å²) in [6, 6.07) is 8.59. The predicted octanol–water partition coefficient (Wildman–Crippen LogP) is 0.800. The van der Waals surface area contributed by atoms with Crippen molar-refractivity contribution in [3.05, 3.63) is 35.9 Å². The highest BCUT2D eigenvalue weighted by molar-refractivity contribution is 5.89. The number of benzene rings is 1. The van der Waals surface area contributed by atoms with E-state index in [0.717, 1.165) is 0 Å². The molecule has 0 amide bonds. The lowest BCUT2D eigenvalue weighted by Gasteiger charge is -2.42. The van der Waals surface area contributed by atoms with Crippen LogP contribution in [0, 0.1) is 5.92 Å². The van der Waals surface area contributed by atoms with Crippen molar-refractivity contribution in [2.75, 3.05) is 20.8 Å². The third-order valence-electron chi connectivity index (χ3n) is 4.04. The standard InChI is InChI=1S/C16H23NO5/c1-10-13(17-2)16(20-3)22-12(14(10)18)9-21-15(19)11-7-5-4-6-8-11/h4-8,10,12-14,16-18H,9H2,1-3H3/t10-,12?,13?,14+,16+/m1/s1. The third-order valence-corrected chi connectivity index (χ3v) is 4.04. The number of hydrogen-bond acceptors (Lipinski definition) is 6. The number of hydrogen-bond donors (Lipinski definition) is 2. The Labute approximate surface area is 130 Å². The quantitative estimate of drug-likeness (QED) is 0.784. The van der Waals surface area contributed by atoms with Gasteiger partial charge in [0.1, 0.15) is 12.7 Å². The van der Waals surface area contributed by atoms with Crippen molar-refractivity contribution in [3.8, 4) is 0 Å². The van der Waals surface area contributed by atoms with Crippen LogP contribution < -0.4 is 5.32 Å². The Morgan fingerprint density at radius 3 is 2.64 bits per heavy atom. The van der Waals surface area contributed by atoms with Crippen LogP contribution in [-0.2, 0) is 14.2 Å². The zero-order chi connectivity index (χ0) is 16.1. The van der Waals surface area contributed by atoms with E-state index in [1.807, 2.05) is 13.0 Å². The van der Waals surface area contributed by atoms with Gasteiger partial charge in [0, 0.05) is 13.0 Å². The van der Waals surface area contributed by atoms with Gasteiger partial charge in [-0.05, 0) is 19.2 Å². The van der Waals surface area contributed by atoms with Crippen LogP contribution in [0.4, 0.5) is 0 Å². The van der Waals surface area contributed by atoms with Crippen LogP contribution in [0.5, 0.6) is 0 Å². The summed E-state index contributed by atoms with van der Waals surface area (Å²) in [4.78, 5) is 11.9. The number of carbonyl (C=O) groups excluding carboxylic acids is 1. The number of carbonyl (C=O) groups is 1. The fourth-order valence-electron chi connectivity index (χ4n) is 2.69. The highest BCUT2D eigenvalue weighted by atomic mass is 16.7. The minimum Gasteiger partial charge on any atom is -0.459 e. The van der Waals surface area contributed by atoms with Gasteiger partial charge in [0.25, 0.3) is 0 Å². The van der Waals surface area contributed by atoms with E-state index >= 15 is 0 Å². The molecule has 1 heterocycles. The normalized spacial score (nSPS) is 31.7. The van der Waals surface area contributed by atoms with Crippen molar-refractivity contribution in [3.63, 3.8) is 0 Å². The average molecular weight is 309 g/mol. The van der Waals surface area contributed by atoms with E-state index in [2.05, 4.69) is 5.32 Å². The fraction of sp³-hybridized carbons (Fsp3) is 0.562. The molecule has 22 heavy (non-hydrogen) atoms. The summed E-state index contributed by atoms with van der Waals surface area (Å²) in [6.07, 6.45) is -1.85. The van der Waals surface area contributed by atoms with Crippen LogP contribution in [0.25, 0.3) is 0 Å². The van der Waals surface area contributed by atoms with Gasteiger partial charge in [-0.25, -0.2) is 4.79 Å². The minimum absolute atomic E-state index is 0.0183. The van der Waals surface area contributed by atoms with Crippen molar-refractivity contribution in [1.29, 1.82) is 0 Å². The molecule has 6 heteroatoms. The Bertz CT molecular complexity index is 479. The number of esters is 1. The SMILES string of the molecule is CNC1[C@@H](OC)OC(COC(=O)c2ccccc2)[C@@H](O)[C@@H]1C. The summed E-state index contributed by atoms with van der Waals surface area (Å²) < 4.78 is 16.2. The lowest BCUT2D eigenvalue weighted by atomic mass is 9.89. The zero-order valence-electron chi connectivity index (χ0n) is 13.1. The number of aliphatic hydroxyl groups is 1. The second-order valence-corrected chi connectivity index (χ2v) is 5.41. The molecule has 1 aromatic carbocycles. The molecule has 0 saturated carbocycles. The van der Waals surface area contributed by atoms with Gasteiger partial charge in [0.2, 0.25) is 0 Å². The van der Waals surface area contributed by atoms with Gasteiger partial charge in [-0.15, -0.1) is 0 Å². The summed E-state index contributed by atoms with van der Waals surface area (Å²) in [5.41, 5.74) is 0.470. The van der Waals surface area contributed by atoms with Crippen molar-refractivity contribution in [2.45, 2.75) is 31.5 Å². The highest BCUT2D eigenvalue weighted by Crippen LogP contribution is 2.26. The van der Waals surface area contributed by atoms with E-state index in [9.17, 15) is 9.90 Å². The lowest BCUT2D eigenvalue weighted by Crippen LogP contribution is -2.59. The van der Waals surface area contributed by atoms with Crippen LogP contribution in [0.1, 0.15) is 17.3 Å². The molecule has 0 spiro atoms. The maximum absolute atomic E-state index is 11.9. The summed E-state index contributed by atoms with van der Waals surface area (Å²) in [7, 11) is 3.34. The number of aliphatic hydroxyl groups excluding tert-OH is 1. The van der Waals surface area contributed by atoms with Gasteiger partial charge in [0.05, 0.1) is 17.7 Å². The first-order valence-electron chi connectivity index (χ1n) is 7.34. The van der Waals surface area contributed by atoms with Gasteiger partial charge < -0.3 is 24.6 Å². The van der Waals surface area contributed by atoms with E-state index < -0.39 is 24.5 Å². The van der Waals surface area contributed by atoms with E-state index in [1.165, 1.54) is 0 Å². The minimum atomic E-state index is -0.743. The molecule has 2 rings (SSSR count). The number of ether oxygens (including phenoxy) is 3. The van der Waals surface area contributed by atoms with E-state index in [1.54, 1.807) is 38.4 Å². The maximum atomic E-state index is 11.9. The van der Waals surface area contributed by atoms with Crippen LogP contribution in [0.3, 0.4) is 0 Å². The first kappa shape index (κ1) is 16.9. The monoisotopic (exact) mass is 309 g/mol. The molecule has 1 aliphatic heterocycles. The second kappa shape index (κ2) is 7.69. The Kier molecular flexibility index (Phi) is 5.90. The first-order valence-corrected chi connectivity index (χ1v) is 7.34. The van der Waals surface area contributed by atoms with E-state index in [4.69, 9.17) is 14.2 Å². The molecule has 6 nitrogen and oxygen atoms in total. The molecule has 1 saturated heterocycles. The first-order chi connectivity index (χ1) is 10.6. The Morgan fingerprint density at radius 2 is 2.05 bits per heavy atom. The van der Waals surface area contributed by atoms with Gasteiger partial charge in [-0.3, -0.25) is 0 Å². The fourth-order valence-corrected chi connectivity index (χ4v) is 2.69. The molecule has 0 aliphatic carbocycles. The number of likely N-dealkylation sites (N-methyl/N-ethyl adjacent to an activating group) is 1. The number of rotatable bonds is 5. The van der Waals surface area contributed by atoms with Gasteiger partial charge in [-0.1, -0.05) is 25.1 Å². The third kappa shape index (κ3) is 3.64. The molecule has 1 fully saturated rings. The molecule has 5 atom stereocenters. The van der Waals surface area contributed by atoms with Crippen LogP contribution >= 0.6 is 0 Å². The van der Waals surface area contributed by atoms with Crippen LogP contribution in [0.15, 0.2) is 30.3 Å². The van der Waals surface area contributed by atoms with Gasteiger partial charge in [-0.2, -0.15) is 0 Å². The summed E-state index contributed by atoms with van der Waals surface area (Å²) in [5, 5.41) is 13.4. The van der Waals surface area contributed by atoms with Crippen molar-refractivity contribution < 1.29 is 24.1 Å². The molecule has 122 valence electrons. The predicted molar refractivity (Wildman–Crippen MR) is 80.4 cm³/mol. The topological polar surface area (TPSA) is 77.0 Å². The molecular weight excluding hydrogens is 286 g/mol. The second-order valence-electron chi connectivity index (χ2n) is 5.41. The summed E-state index contributed by atoms with van der Waals surface area (Å²) in [5.74, 6) is -0.530. The van der Waals surface area contributed by atoms with E-state index in [-0.39, 0.29) is 18.6 Å². The molecular formula is C16H23NO5. The van der Waals surface area contributed by atoms with Crippen LogP contribution in [-0.4, -0.2) is 56.4 Å². The molecule has 1 aromatic rings. The van der Waals surface area contributed by atoms with Crippen LogP contribution in [0.2, 0.25) is 0 Å². The maximum Gasteiger partial charge on any atom is 0.338 e. The molecule has 0 radical (unpaired) electrons. The number of methoxy groups -OCH3 is 1. The van der Waals surface area contributed by atoms with Gasteiger partial charge >= 0.3 is 5.97 Å². The molecule has 0 bridgehead atoms. The Balaban J connectivity index is 1.96. The molecule has 0 aromatic heterocycles. The summed E-state index contributed by atoms with van der Waals surface area (Å²) in [6.45, 7) is 1.89. The van der Waals surface area contributed by atoms with E-state index in [0.29, 0.717) is 5.56 Å². The number of nitrogens with one attached hydrogen (secondary N) is 1. The van der Waals surface area contributed by atoms with Gasteiger partial charge in [0.15, 0.2) is 6.29 Å². The average Bonchev–Trinajstić information content (AvgIpc) is 2.56. The van der Waals surface area contributed by atoms with Crippen molar-refractivity contribution in [1.82, 2.24) is 5.32 Å². The highest BCUT2D eigenvalue weighted by Gasteiger charge is 2.42. The largest absolute Gasteiger partial charge is 0.459 e. The smallest absolute Gasteiger partial charge is 0.338 e. The van der Waals surface area contributed by atoms with Crippen molar-refractivity contribution in [2.24, 2.45) is 5.92 Å². The lowest BCUT2D eigenvalue weighted by molar-refractivity contribution is -0.248. The molecule has 1 aliphatic rings. The van der Waals surface area contributed by atoms with Crippen molar-refractivity contribution >= 4 is 5.97 Å². The molecule has 2 N–H and O–H groups in total. The summed E-state index contributed by atoms with van der Waals surface area (Å²) >= 11 is 0. The zero-order valence-corrected chi connectivity index (χ0v) is 13.1.